The maximum Gasteiger partial charge on any atom is 0.332 e. The Balaban J connectivity index is 1.36. The molecule has 3 atom stereocenters. The standard InChI is InChI=1S/C35H38N4O4/c1-21(2)10-9-11-22(3)36-33(40)26-13-6-8-15-29(26)39-34(41)30-20-27-25-12-5-7-14-28(25)37-31(27)32(38(30)35(39)42)23-16-18-24(43-4)19-17-23/h5-8,12-19,21-22,30,32,37H,9-11,20H2,1-4H3,(H,36,40)/t22-,30-,32+/m0/s1. The number of imide groups is 1. The fraction of sp³-hybridized carbons (Fsp3) is 0.343. The lowest BCUT2D eigenvalue weighted by molar-refractivity contribution is -0.120. The van der Waals surface area contributed by atoms with Crippen LogP contribution < -0.4 is 15.0 Å². The summed E-state index contributed by atoms with van der Waals surface area (Å²) >= 11 is 0. The molecule has 1 saturated heterocycles. The summed E-state index contributed by atoms with van der Waals surface area (Å²) in [6, 6.07) is 20.8. The van der Waals surface area contributed by atoms with Crippen molar-refractivity contribution in [3.05, 3.63) is 95.2 Å². The summed E-state index contributed by atoms with van der Waals surface area (Å²) in [5.41, 5.74) is 4.37. The minimum atomic E-state index is -0.711. The molecule has 0 radical (unpaired) electrons. The van der Waals surface area contributed by atoms with Gasteiger partial charge in [0.25, 0.3) is 11.8 Å². The molecule has 43 heavy (non-hydrogen) atoms. The van der Waals surface area contributed by atoms with Gasteiger partial charge >= 0.3 is 6.03 Å². The van der Waals surface area contributed by atoms with Crippen LogP contribution in [0.5, 0.6) is 5.75 Å². The quantitative estimate of drug-likeness (QED) is 0.219. The Morgan fingerprint density at radius 3 is 2.44 bits per heavy atom. The smallest absolute Gasteiger partial charge is 0.332 e. The van der Waals surface area contributed by atoms with Crippen molar-refractivity contribution in [1.29, 1.82) is 0 Å². The normalized spacial score (nSPS) is 18.6. The van der Waals surface area contributed by atoms with E-state index in [0.717, 1.165) is 47.0 Å². The zero-order valence-electron chi connectivity index (χ0n) is 25.1. The molecular weight excluding hydrogens is 540 g/mol. The van der Waals surface area contributed by atoms with Gasteiger partial charge in [-0.25, -0.2) is 9.69 Å². The molecule has 0 bridgehead atoms. The van der Waals surface area contributed by atoms with E-state index in [1.165, 1.54) is 4.90 Å². The number of H-pyrrole nitrogens is 1. The van der Waals surface area contributed by atoms with Gasteiger partial charge in [-0.1, -0.05) is 69.2 Å². The van der Waals surface area contributed by atoms with E-state index in [-0.39, 0.29) is 17.9 Å². The lowest BCUT2D eigenvalue weighted by Crippen LogP contribution is -2.44. The number of nitrogens with one attached hydrogen (secondary N) is 2. The van der Waals surface area contributed by atoms with Crippen LogP contribution in [0.3, 0.4) is 0 Å². The highest BCUT2D eigenvalue weighted by Crippen LogP contribution is 2.45. The lowest BCUT2D eigenvalue weighted by atomic mass is 9.89. The summed E-state index contributed by atoms with van der Waals surface area (Å²) in [4.78, 5) is 48.5. The number of methoxy groups -OCH3 is 1. The van der Waals surface area contributed by atoms with Crippen LogP contribution in [0.2, 0.25) is 0 Å². The number of para-hydroxylation sites is 2. The van der Waals surface area contributed by atoms with Gasteiger partial charge in [0.1, 0.15) is 17.8 Å². The summed E-state index contributed by atoms with van der Waals surface area (Å²) < 4.78 is 5.38. The van der Waals surface area contributed by atoms with Gasteiger partial charge in [-0.2, -0.15) is 0 Å². The van der Waals surface area contributed by atoms with Crippen LogP contribution in [-0.2, 0) is 11.2 Å². The predicted octanol–water partition coefficient (Wildman–Crippen LogP) is 6.60. The number of fused-ring (bicyclic) bond motifs is 4. The summed E-state index contributed by atoms with van der Waals surface area (Å²) in [6.07, 6.45) is 3.35. The summed E-state index contributed by atoms with van der Waals surface area (Å²) in [7, 11) is 1.61. The van der Waals surface area contributed by atoms with Crippen molar-refractivity contribution >= 4 is 34.4 Å². The van der Waals surface area contributed by atoms with Crippen LogP contribution in [0.15, 0.2) is 72.8 Å². The minimum Gasteiger partial charge on any atom is -0.497 e. The fourth-order valence-corrected chi connectivity index (χ4v) is 6.50. The first-order valence-corrected chi connectivity index (χ1v) is 15.1. The molecule has 3 heterocycles. The largest absolute Gasteiger partial charge is 0.497 e. The summed E-state index contributed by atoms with van der Waals surface area (Å²) in [5.74, 6) is 0.693. The number of aromatic amines is 1. The SMILES string of the molecule is COc1ccc([C@@H]2c3[nH]c4ccccc4c3C[C@H]3C(=O)N(c4ccccc4C(=O)N[C@@H](C)CCCC(C)C)C(=O)N23)cc1. The number of benzene rings is 3. The Morgan fingerprint density at radius 1 is 0.977 bits per heavy atom. The summed E-state index contributed by atoms with van der Waals surface area (Å²) in [6.45, 7) is 6.37. The molecule has 2 aliphatic rings. The number of hydrogen-bond acceptors (Lipinski definition) is 4. The maximum atomic E-state index is 14.3. The number of amides is 4. The number of aromatic nitrogens is 1. The van der Waals surface area contributed by atoms with Gasteiger partial charge in [0, 0.05) is 29.1 Å². The number of ether oxygens (including phenoxy) is 1. The van der Waals surface area contributed by atoms with Gasteiger partial charge in [-0.3, -0.25) is 14.5 Å². The van der Waals surface area contributed by atoms with Crippen molar-refractivity contribution in [1.82, 2.24) is 15.2 Å². The van der Waals surface area contributed by atoms with E-state index in [2.05, 4.69) is 24.1 Å². The molecule has 2 aliphatic heterocycles. The number of urea groups is 1. The first kappa shape index (κ1) is 28.5. The molecule has 8 nitrogen and oxygen atoms in total. The van der Waals surface area contributed by atoms with Gasteiger partial charge < -0.3 is 15.0 Å². The van der Waals surface area contributed by atoms with Crippen molar-refractivity contribution in [2.75, 3.05) is 12.0 Å². The zero-order chi connectivity index (χ0) is 30.2. The molecule has 3 aromatic carbocycles. The van der Waals surface area contributed by atoms with Crippen molar-refractivity contribution < 1.29 is 19.1 Å². The highest BCUT2D eigenvalue weighted by Gasteiger charge is 2.53. The summed E-state index contributed by atoms with van der Waals surface area (Å²) in [5, 5.41) is 4.13. The molecule has 0 saturated carbocycles. The Labute approximate surface area is 252 Å². The van der Waals surface area contributed by atoms with Crippen molar-refractivity contribution in [2.45, 2.75) is 64.6 Å². The molecule has 1 aromatic heterocycles. The number of anilines is 1. The van der Waals surface area contributed by atoms with E-state index in [9.17, 15) is 14.4 Å². The van der Waals surface area contributed by atoms with Gasteiger partial charge in [-0.05, 0) is 60.7 Å². The van der Waals surface area contributed by atoms with E-state index < -0.39 is 18.1 Å². The molecule has 8 heteroatoms. The average molecular weight is 579 g/mol. The zero-order valence-corrected chi connectivity index (χ0v) is 25.1. The van der Waals surface area contributed by atoms with Crippen LogP contribution in [0.25, 0.3) is 10.9 Å². The lowest BCUT2D eigenvalue weighted by Gasteiger charge is -2.36. The molecule has 0 unspecified atom stereocenters. The predicted molar refractivity (Wildman–Crippen MR) is 167 cm³/mol. The Hall–Kier alpha value is -4.59. The molecule has 4 amide bonds. The second-order valence-electron chi connectivity index (χ2n) is 12.0. The number of carbonyl (C=O) groups excluding carboxylic acids is 3. The molecule has 222 valence electrons. The third kappa shape index (κ3) is 5.15. The Morgan fingerprint density at radius 2 is 1.70 bits per heavy atom. The van der Waals surface area contributed by atoms with Crippen molar-refractivity contribution in [3.63, 3.8) is 0 Å². The first-order chi connectivity index (χ1) is 20.8. The molecule has 0 spiro atoms. The van der Waals surface area contributed by atoms with E-state index in [0.29, 0.717) is 29.3 Å². The Bertz CT molecular complexity index is 1670. The minimum absolute atomic E-state index is 0.0339. The third-order valence-electron chi connectivity index (χ3n) is 8.67. The molecule has 6 rings (SSSR count). The number of carbonyl (C=O) groups is 3. The van der Waals surface area contributed by atoms with Gasteiger partial charge in [0.15, 0.2) is 0 Å². The van der Waals surface area contributed by atoms with Crippen LogP contribution in [0.1, 0.15) is 73.3 Å². The first-order valence-electron chi connectivity index (χ1n) is 15.1. The van der Waals surface area contributed by atoms with Crippen molar-refractivity contribution in [2.24, 2.45) is 5.92 Å². The molecule has 0 aliphatic carbocycles. The molecule has 4 aromatic rings. The van der Waals surface area contributed by atoms with Crippen LogP contribution in [0.4, 0.5) is 10.5 Å². The fourth-order valence-electron chi connectivity index (χ4n) is 6.50. The molecule has 2 N–H and O–H groups in total. The van der Waals surface area contributed by atoms with Crippen LogP contribution in [0, 0.1) is 5.92 Å². The highest BCUT2D eigenvalue weighted by atomic mass is 16.5. The molecular formula is C35H38N4O4. The number of nitrogens with zero attached hydrogens (tertiary/aromatic N) is 2. The van der Waals surface area contributed by atoms with Crippen molar-refractivity contribution in [3.8, 4) is 5.75 Å². The monoisotopic (exact) mass is 578 g/mol. The van der Waals surface area contributed by atoms with E-state index in [1.54, 1.807) is 36.3 Å². The second-order valence-corrected chi connectivity index (χ2v) is 12.0. The van der Waals surface area contributed by atoms with Gasteiger partial charge in [0.2, 0.25) is 0 Å². The van der Waals surface area contributed by atoms with Crippen LogP contribution in [-0.4, -0.2) is 46.9 Å². The average Bonchev–Trinajstić information content (AvgIpc) is 3.50. The highest BCUT2D eigenvalue weighted by molar-refractivity contribution is 6.24. The van der Waals surface area contributed by atoms with E-state index in [4.69, 9.17) is 4.74 Å². The topological polar surface area (TPSA) is 94.7 Å². The third-order valence-corrected chi connectivity index (χ3v) is 8.67. The second kappa shape index (κ2) is 11.6. The Kier molecular flexibility index (Phi) is 7.69. The van der Waals surface area contributed by atoms with Gasteiger partial charge in [0.05, 0.1) is 18.4 Å². The van der Waals surface area contributed by atoms with Crippen LogP contribution >= 0.6 is 0 Å². The maximum absolute atomic E-state index is 14.3. The van der Waals surface area contributed by atoms with Gasteiger partial charge in [-0.15, -0.1) is 0 Å². The molecule has 1 fully saturated rings. The number of hydrogen-bond donors (Lipinski definition) is 2. The van der Waals surface area contributed by atoms with E-state index >= 15 is 0 Å². The van der Waals surface area contributed by atoms with E-state index in [1.807, 2.05) is 55.5 Å². The number of rotatable bonds is 9.